The lowest BCUT2D eigenvalue weighted by Gasteiger charge is -2.10. The Labute approximate surface area is 135 Å². The third kappa shape index (κ3) is 3.51. The molecule has 5 heteroatoms. The maximum atomic E-state index is 5.83. The lowest BCUT2D eigenvalue weighted by molar-refractivity contribution is 0.835. The average molecular weight is 307 g/mol. The van der Waals surface area contributed by atoms with Crippen molar-refractivity contribution in [1.29, 1.82) is 0 Å². The van der Waals surface area contributed by atoms with Crippen LogP contribution in [0.4, 0.5) is 11.8 Å². The van der Waals surface area contributed by atoms with Crippen molar-refractivity contribution in [3.8, 4) is 0 Å². The number of nitrogens with zero attached hydrogens (tertiary/aromatic N) is 3. The van der Waals surface area contributed by atoms with Crippen LogP contribution in [0.2, 0.25) is 0 Å². The van der Waals surface area contributed by atoms with Crippen molar-refractivity contribution >= 4 is 22.8 Å². The van der Waals surface area contributed by atoms with E-state index in [0.717, 1.165) is 23.4 Å². The van der Waals surface area contributed by atoms with Gasteiger partial charge in [0.2, 0.25) is 5.95 Å². The van der Waals surface area contributed by atoms with Crippen LogP contribution < -0.4 is 11.1 Å². The molecule has 3 rings (SSSR count). The lowest BCUT2D eigenvalue weighted by Crippen LogP contribution is -2.08. The van der Waals surface area contributed by atoms with Gasteiger partial charge in [-0.1, -0.05) is 42.0 Å². The molecule has 5 nitrogen and oxygen atoms in total. The Bertz CT molecular complexity index is 829. The Kier molecular flexibility index (Phi) is 4.28. The molecule has 1 aromatic carbocycles. The average Bonchev–Trinajstić information content (AvgIpc) is 2.90. The highest BCUT2D eigenvalue weighted by atomic mass is 15.1. The maximum absolute atomic E-state index is 5.83. The first-order valence-electron chi connectivity index (χ1n) is 7.67. The number of hydrogen-bond acceptors (Lipinski definition) is 4. The molecule has 2 aromatic heterocycles. The molecule has 2 heterocycles. The second-order valence-corrected chi connectivity index (χ2v) is 5.76. The lowest BCUT2D eigenvalue weighted by atomic mass is 10.2. The zero-order valence-corrected chi connectivity index (χ0v) is 13.5. The molecule has 0 aliphatic carbocycles. The van der Waals surface area contributed by atoms with E-state index < -0.39 is 0 Å². The van der Waals surface area contributed by atoms with Crippen LogP contribution in [0.5, 0.6) is 0 Å². The first-order chi connectivity index (χ1) is 11.1. The van der Waals surface area contributed by atoms with Crippen molar-refractivity contribution in [2.45, 2.75) is 20.4 Å². The number of fused-ring (bicyclic) bond motifs is 1. The van der Waals surface area contributed by atoms with Crippen LogP contribution in [-0.2, 0) is 6.54 Å². The molecule has 0 saturated carbocycles. The molecular weight excluding hydrogens is 286 g/mol. The molecule has 0 bridgehead atoms. The predicted molar refractivity (Wildman–Crippen MR) is 95.4 cm³/mol. The van der Waals surface area contributed by atoms with Crippen molar-refractivity contribution in [1.82, 2.24) is 14.5 Å². The van der Waals surface area contributed by atoms with Gasteiger partial charge in [0.1, 0.15) is 5.52 Å². The molecule has 0 aliphatic heterocycles. The smallest absolute Gasteiger partial charge is 0.222 e. The van der Waals surface area contributed by atoms with Crippen LogP contribution in [0.1, 0.15) is 19.4 Å². The molecule has 0 fully saturated rings. The van der Waals surface area contributed by atoms with E-state index in [1.54, 1.807) is 0 Å². The van der Waals surface area contributed by atoms with E-state index in [2.05, 4.69) is 51.9 Å². The van der Waals surface area contributed by atoms with Crippen LogP contribution in [0.15, 0.2) is 54.2 Å². The summed E-state index contributed by atoms with van der Waals surface area (Å²) in [5, 5.41) is 3.34. The number of rotatable bonds is 5. The van der Waals surface area contributed by atoms with Crippen LogP contribution in [-0.4, -0.2) is 21.1 Å². The molecule has 0 unspecified atom stereocenters. The number of allylic oxidation sites excluding steroid dienone is 1. The first kappa shape index (κ1) is 15.1. The molecule has 0 spiro atoms. The summed E-state index contributed by atoms with van der Waals surface area (Å²) < 4.78 is 2.15. The Morgan fingerprint density at radius 2 is 1.96 bits per heavy atom. The van der Waals surface area contributed by atoms with Crippen molar-refractivity contribution in [3.63, 3.8) is 0 Å². The van der Waals surface area contributed by atoms with Gasteiger partial charge >= 0.3 is 0 Å². The maximum Gasteiger partial charge on any atom is 0.222 e. The summed E-state index contributed by atoms with van der Waals surface area (Å²) in [5.41, 5.74) is 10.2. The summed E-state index contributed by atoms with van der Waals surface area (Å²) >= 11 is 0. The van der Waals surface area contributed by atoms with E-state index in [-0.39, 0.29) is 5.95 Å². The summed E-state index contributed by atoms with van der Waals surface area (Å²) in [6.45, 7) is 5.63. The number of nitrogen functional groups attached to an aromatic ring is 1. The van der Waals surface area contributed by atoms with Gasteiger partial charge in [-0.25, -0.2) is 4.98 Å². The minimum absolute atomic E-state index is 0.287. The Morgan fingerprint density at radius 3 is 2.70 bits per heavy atom. The largest absolute Gasteiger partial charge is 0.368 e. The number of hydrogen-bond donors (Lipinski definition) is 2. The zero-order valence-electron chi connectivity index (χ0n) is 13.5. The van der Waals surface area contributed by atoms with Gasteiger partial charge in [0.15, 0.2) is 5.82 Å². The van der Waals surface area contributed by atoms with Crippen molar-refractivity contribution < 1.29 is 0 Å². The van der Waals surface area contributed by atoms with Gasteiger partial charge in [-0.05, 0) is 25.5 Å². The highest BCUT2D eigenvalue weighted by molar-refractivity contribution is 5.87. The summed E-state index contributed by atoms with van der Waals surface area (Å²) in [5.74, 6) is 1.06. The normalized spacial score (nSPS) is 10.7. The van der Waals surface area contributed by atoms with Crippen LogP contribution >= 0.6 is 0 Å². The van der Waals surface area contributed by atoms with Gasteiger partial charge in [0.05, 0.1) is 5.52 Å². The monoisotopic (exact) mass is 307 g/mol. The van der Waals surface area contributed by atoms with E-state index in [4.69, 9.17) is 5.73 Å². The number of benzene rings is 1. The number of nitrogens with one attached hydrogen (secondary N) is 1. The topological polar surface area (TPSA) is 68.8 Å². The van der Waals surface area contributed by atoms with E-state index >= 15 is 0 Å². The molecular formula is C18H21N5. The summed E-state index contributed by atoms with van der Waals surface area (Å²) in [7, 11) is 0. The fourth-order valence-corrected chi connectivity index (χ4v) is 2.51. The second-order valence-electron chi connectivity index (χ2n) is 5.76. The summed E-state index contributed by atoms with van der Waals surface area (Å²) in [6.07, 6.45) is 4.15. The Morgan fingerprint density at radius 1 is 1.17 bits per heavy atom. The zero-order chi connectivity index (χ0) is 16.2. The van der Waals surface area contributed by atoms with Gasteiger partial charge in [-0.15, -0.1) is 0 Å². The van der Waals surface area contributed by atoms with Gasteiger partial charge < -0.3 is 15.6 Å². The molecule has 0 radical (unpaired) electrons. The van der Waals surface area contributed by atoms with E-state index in [0.29, 0.717) is 6.54 Å². The van der Waals surface area contributed by atoms with Crippen molar-refractivity contribution in [2.75, 3.05) is 17.6 Å². The second kappa shape index (κ2) is 6.52. The van der Waals surface area contributed by atoms with E-state index in [1.807, 2.05) is 30.5 Å². The van der Waals surface area contributed by atoms with Gasteiger partial charge in [0, 0.05) is 19.3 Å². The molecule has 3 N–H and O–H groups in total. The molecule has 0 aliphatic rings. The fraction of sp³-hybridized carbons (Fsp3) is 0.222. The first-order valence-corrected chi connectivity index (χ1v) is 7.67. The fourth-order valence-electron chi connectivity index (χ4n) is 2.51. The highest BCUT2D eigenvalue weighted by Crippen LogP contribution is 2.23. The molecule has 0 atom stereocenters. The molecule has 118 valence electrons. The summed E-state index contributed by atoms with van der Waals surface area (Å²) in [4.78, 5) is 8.71. The Balaban J connectivity index is 1.97. The SMILES string of the molecule is CC(C)=CCNc1nc(N)nc2ccn(Cc3ccccc3)c12. The van der Waals surface area contributed by atoms with Crippen molar-refractivity contribution in [2.24, 2.45) is 0 Å². The minimum Gasteiger partial charge on any atom is -0.368 e. The van der Waals surface area contributed by atoms with Crippen molar-refractivity contribution in [3.05, 3.63) is 59.8 Å². The number of nitrogens with two attached hydrogens (primary N) is 1. The van der Waals surface area contributed by atoms with Gasteiger partial charge in [0.25, 0.3) is 0 Å². The van der Waals surface area contributed by atoms with Crippen LogP contribution in [0, 0.1) is 0 Å². The Hall–Kier alpha value is -2.82. The molecule has 0 amide bonds. The van der Waals surface area contributed by atoms with Gasteiger partial charge in [-0.3, -0.25) is 0 Å². The standard InChI is InChI=1S/C18H21N5/c1-13(2)8-10-20-17-16-15(21-18(19)22-17)9-11-23(16)12-14-6-4-3-5-7-14/h3-9,11H,10,12H2,1-2H3,(H3,19,20,21,22). The highest BCUT2D eigenvalue weighted by Gasteiger charge is 2.11. The van der Waals surface area contributed by atoms with E-state index in [9.17, 15) is 0 Å². The molecule has 0 saturated heterocycles. The molecule has 3 aromatic rings. The predicted octanol–water partition coefficient (Wildman–Crippen LogP) is 3.44. The van der Waals surface area contributed by atoms with Crippen LogP contribution in [0.25, 0.3) is 11.0 Å². The van der Waals surface area contributed by atoms with Crippen LogP contribution in [0.3, 0.4) is 0 Å². The third-order valence-corrected chi connectivity index (χ3v) is 3.60. The number of anilines is 2. The quantitative estimate of drug-likeness (QED) is 0.708. The third-order valence-electron chi connectivity index (χ3n) is 3.60. The number of aromatic nitrogens is 3. The summed E-state index contributed by atoms with van der Waals surface area (Å²) in [6, 6.07) is 12.3. The molecule has 23 heavy (non-hydrogen) atoms. The minimum atomic E-state index is 0.287. The van der Waals surface area contributed by atoms with Gasteiger partial charge in [-0.2, -0.15) is 4.98 Å². The van der Waals surface area contributed by atoms with E-state index in [1.165, 1.54) is 11.1 Å².